The molecule has 9 atom stereocenters. The molecule has 3 unspecified atom stereocenters. The van der Waals surface area contributed by atoms with Gasteiger partial charge in [0.2, 0.25) is 0 Å². The van der Waals surface area contributed by atoms with Gasteiger partial charge in [-0.3, -0.25) is 0 Å². The average molecular weight is 359 g/mol. The standard InChI is InChI=1S/C16H29N3O6/c1-8-7-23-16(13(21)12(8)20)25-14-9(2)11(4)24-15(10(14)3)22-6-5-18-19-17/h8-16,20-21H,5-7H2,1-4H3/t8-,9-,10+,11?,12?,13+,14?,15-,16-/m1/s1. The van der Waals surface area contributed by atoms with Crippen LogP contribution in [0.1, 0.15) is 27.7 Å². The van der Waals surface area contributed by atoms with Crippen LogP contribution in [0.4, 0.5) is 0 Å². The topological polar surface area (TPSA) is 126 Å². The van der Waals surface area contributed by atoms with Crippen LogP contribution in [-0.4, -0.2) is 67.0 Å². The number of hydrogen-bond acceptors (Lipinski definition) is 7. The van der Waals surface area contributed by atoms with Crippen molar-refractivity contribution in [1.29, 1.82) is 0 Å². The fraction of sp³-hybridized carbons (Fsp3) is 1.00. The Hall–Kier alpha value is -0.930. The van der Waals surface area contributed by atoms with Crippen molar-refractivity contribution < 1.29 is 29.2 Å². The maximum absolute atomic E-state index is 10.2. The number of aliphatic hydroxyl groups excluding tert-OH is 2. The summed E-state index contributed by atoms with van der Waals surface area (Å²) in [6, 6.07) is 0. The van der Waals surface area contributed by atoms with Crippen molar-refractivity contribution in [2.75, 3.05) is 19.8 Å². The van der Waals surface area contributed by atoms with Crippen molar-refractivity contribution >= 4 is 0 Å². The molecular weight excluding hydrogens is 330 g/mol. The summed E-state index contributed by atoms with van der Waals surface area (Å²) in [5, 5.41) is 23.7. The van der Waals surface area contributed by atoms with Gasteiger partial charge >= 0.3 is 0 Å². The zero-order valence-corrected chi connectivity index (χ0v) is 15.2. The summed E-state index contributed by atoms with van der Waals surface area (Å²) >= 11 is 0. The predicted octanol–water partition coefficient (Wildman–Crippen LogP) is 1.43. The summed E-state index contributed by atoms with van der Waals surface area (Å²) in [7, 11) is 0. The molecule has 9 nitrogen and oxygen atoms in total. The molecule has 0 aliphatic carbocycles. The van der Waals surface area contributed by atoms with Crippen molar-refractivity contribution in [2.45, 2.75) is 64.7 Å². The molecule has 2 rings (SSSR count). The van der Waals surface area contributed by atoms with E-state index in [-0.39, 0.29) is 43.1 Å². The SMILES string of the molecule is CC1O[C@@H](OCCN=[N+]=[N-])[C@@H](C)C(O[C@H]2OC[C@@H](C)C(O)[C@@H]2O)[C@@H]1C. The van der Waals surface area contributed by atoms with Gasteiger partial charge in [-0.15, -0.1) is 0 Å². The minimum absolute atomic E-state index is 0.0549. The van der Waals surface area contributed by atoms with Gasteiger partial charge in [-0.1, -0.05) is 25.9 Å². The largest absolute Gasteiger partial charge is 0.390 e. The maximum atomic E-state index is 10.2. The van der Waals surface area contributed by atoms with Gasteiger partial charge in [-0.25, -0.2) is 0 Å². The molecule has 0 saturated carbocycles. The Labute approximate surface area is 147 Å². The minimum Gasteiger partial charge on any atom is -0.390 e. The molecule has 9 heteroatoms. The van der Waals surface area contributed by atoms with Crippen LogP contribution >= 0.6 is 0 Å². The van der Waals surface area contributed by atoms with E-state index in [2.05, 4.69) is 10.0 Å². The molecule has 25 heavy (non-hydrogen) atoms. The summed E-state index contributed by atoms with van der Waals surface area (Å²) in [5.74, 6) is -0.209. The second-order valence-corrected chi connectivity index (χ2v) is 7.01. The van der Waals surface area contributed by atoms with Crippen molar-refractivity contribution in [2.24, 2.45) is 22.9 Å². The quantitative estimate of drug-likeness (QED) is 0.320. The van der Waals surface area contributed by atoms with Crippen molar-refractivity contribution in [3.63, 3.8) is 0 Å². The average Bonchev–Trinajstić information content (AvgIpc) is 2.59. The van der Waals surface area contributed by atoms with Crippen molar-refractivity contribution in [3.05, 3.63) is 10.4 Å². The Kier molecular flexibility index (Phi) is 7.45. The number of rotatable bonds is 6. The highest BCUT2D eigenvalue weighted by molar-refractivity contribution is 4.87. The van der Waals surface area contributed by atoms with E-state index in [4.69, 9.17) is 24.5 Å². The molecule has 0 bridgehead atoms. The number of hydrogen-bond donors (Lipinski definition) is 2. The Morgan fingerprint density at radius 3 is 2.52 bits per heavy atom. The van der Waals surface area contributed by atoms with Crippen molar-refractivity contribution in [1.82, 2.24) is 0 Å². The molecule has 2 N–H and O–H groups in total. The first-order valence-electron chi connectivity index (χ1n) is 8.78. The van der Waals surface area contributed by atoms with Gasteiger partial charge in [0.05, 0.1) is 31.5 Å². The third-order valence-corrected chi connectivity index (χ3v) is 5.12. The van der Waals surface area contributed by atoms with E-state index < -0.39 is 24.8 Å². The van der Waals surface area contributed by atoms with Gasteiger partial charge in [0.15, 0.2) is 12.6 Å². The predicted molar refractivity (Wildman–Crippen MR) is 88.4 cm³/mol. The molecule has 2 fully saturated rings. The minimum atomic E-state index is -1.09. The molecule has 0 aromatic heterocycles. The van der Waals surface area contributed by atoms with Crippen LogP contribution in [0, 0.1) is 17.8 Å². The monoisotopic (exact) mass is 359 g/mol. The van der Waals surface area contributed by atoms with E-state index in [1.54, 1.807) is 0 Å². The Morgan fingerprint density at radius 2 is 1.84 bits per heavy atom. The van der Waals surface area contributed by atoms with E-state index in [1.165, 1.54) is 0 Å². The van der Waals surface area contributed by atoms with E-state index in [0.717, 1.165) is 0 Å². The molecular formula is C16H29N3O6. The summed E-state index contributed by atoms with van der Waals surface area (Å²) < 4.78 is 23.2. The summed E-state index contributed by atoms with van der Waals surface area (Å²) in [6.45, 7) is 8.52. The van der Waals surface area contributed by atoms with Crippen LogP contribution in [0.3, 0.4) is 0 Å². The number of nitrogens with zero attached hydrogens (tertiary/aromatic N) is 3. The Morgan fingerprint density at radius 1 is 1.12 bits per heavy atom. The van der Waals surface area contributed by atoms with Crippen LogP contribution in [-0.2, 0) is 18.9 Å². The van der Waals surface area contributed by atoms with Crippen LogP contribution in [0.15, 0.2) is 5.11 Å². The van der Waals surface area contributed by atoms with Crippen LogP contribution < -0.4 is 0 Å². The maximum Gasteiger partial charge on any atom is 0.186 e. The molecule has 0 aromatic carbocycles. The smallest absolute Gasteiger partial charge is 0.186 e. The highest BCUT2D eigenvalue weighted by atomic mass is 16.7. The lowest BCUT2D eigenvalue weighted by Gasteiger charge is -2.46. The number of aliphatic hydroxyl groups is 2. The summed E-state index contributed by atoms with van der Waals surface area (Å²) in [4.78, 5) is 2.69. The Balaban J connectivity index is 2.00. The molecule has 0 radical (unpaired) electrons. The first-order chi connectivity index (χ1) is 11.9. The molecule has 0 aromatic rings. The highest BCUT2D eigenvalue weighted by Crippen LogP contribution is 2.35. The second-order valence-electron chi connectivity index (χ2n) is 7.01. The van der Waals surface area contributed by atoms with Crippen LogP contribution in [0.5, 0.6) is 0 Å². The van der Waals surface area contributed by atoms with E-state index in [1.807, 2.05) is 27.7 Å². The van der Waals surface area contributed by atoms with Gasteiger partial charge < -0.3 is 29.2 Å². The second kappa shape index (κ2) is 9.14. The molecule has 2 aliphatic rings. The molecule has 0 spiro atoms. The zero-order chi connectivity index (χ0) is 18.6. The van der Waals surface area contributed by atoms with Gasteiger partial charge in [0.1, 0.15) is 6.10 Å². The molecule has 2 aliphatic heterocycles. The van der Waals surface area contributed by atoms with Gasteiger partial charge in [-0.05, 0) is 12.5 Å². The van der Waals surface area contributed by atoms with Crippen LogP contribution in [0.25, 0.3) is 10.4 Å². The lowest BCUT2D eigenvalue weighted by molar-refractivity contribution is -0.321. The van der Waals surface area contributed by atoms with Crippen molar-refractivity contribution in [3.8, 4) is 0 Å². The number of azide groups is 1. The van der Waals surface area contributed by atoms with E-state index in [0.29, 0.717) is 6.61 Å². The lowest BCUT2D eigenvalue weighted by atomic mass is 9.86. The fourth-order valence-corrected chi connectivity index (χ4v) is 3.27. The zero-order valence-electron chi connectivity index (χ0n) is 15.2. The molecule has 2 saturated heterocycles. The van der Waals surface area contributed by atoms with E-state index in [9.17, 15) is 10.2 Å². The molecule has 2 heterocycles. The van der Waals surface area contributed by atoms with Gasteiger partial charge in [0.25, 0.3) is 0 Å². The summed E-state index contributed by atoms with van der Waals surface area (Å²) in [6.07, 6.45) is -3.74. The first kappa shape index (κ1) is 20.4. The third kappa shape index (κ3) is 4.83. The van der Waals surface area contributed by atoms with E-state index >= 15 is 0 Å². The van der Waals surface area contributed by atoms with Crippen LogP contribution in [0.2, 0.25) is 0 Å². The lowest BCUT2D eigenvalue weighted by Crippen LogP contribution is -2.56. The normalized spacial score (nSPS) is 45.0. The molecule has 144 valence electrons. The molecule has 0 amide bonds. The highest BCUT2D eigenvalue weighted by Gasteiger charge is 2.45. The first-order valence-corrected chi connectivity index (χ1v) is 8.78. The van der Waals surface area contributed by atoms with Gasteiger partial charge in [0, 0.05) is 29.2 Å². The Bertz CT molecular complexity index is 475. The third-order valence-electron chi connectivity index (χ3n) is 5.12. The fourth-order valence-electron chi connectivity index (χ4n) is 3.27. The number of ether oxygens (including phenoxy) is 4. The summed E-state index contributed by atoms with van der Waals surface area (Å²) in [5.41, 5.74) is 8.31. The van der Waals surface area contributed by atoms with Gasteiger partial charge in [-0.2, -0.15) is 0 Å².